The smallest absolute Gasteiger partial charge is 0.377 e. The lowest BCUT2D eigenvalue weighted by atomic mass is 10.9. The van der Waals surface area contributed by atoms with E-state index in [9.17, 15) is 0 Å². The van der Waals surface area contributed by atoms with Crippen LogP contribution in [0.5, 0.6) is 0 Å². The maximum absolute atomic E-state index is 5.40. The molecule has 0 atom stereocenters. The second kappa shape index (κ2) is 19.3. The molecular weight excluding hydrogens is 420 g/mol. The second-order valence-corrected chi connectivity index (χ2v) is 14.1. The minimum Gasteiger partial charge on any atom is -0.377 e. The molecule has 0 aliphatic rings. The zero-order valence-electron chi connectivity index (χ0n) is 20.0. The predicted molar refractivity (Wildman–Crippen MR) is 116 cm³/mol. The fourth-order valence-corrected chi connectivity index (χ4v) is 5.53. The van der Waals surface area contributed by atoms with Crippen molar-refractivity contribution >= 4 is 26.4 Å². The van der Waals surface area contributed by atoms with E-state index in [2.05, 4.69) is 0 Å². The molecule has 0 amide bonds. The molecule has 0 radical (unpaired) electrons. The van der Waals surface area contributed by atoms with Gasteiger partial charge in [0.15, 0.2) is 0 Å². The van der Waals surface area contributed by atoms with Gasteiger partial charge in [-0.25, -0.2) is 0 Å². The maximum Gasteiger partial charge on any atom is 0.499 e. The van der Waals surface area contributed by atoms with Crippen LogP contribution in [0.3, 0.4) is 0 Å². The van der Waals surface area contributed by atoms with Gasteiger partial charge < -0.3 is 39.8 Å². The van der Waals surface area contributed by atoms with Gasteiger partial charge >= 0.3 is 26.4 Å². The molecule has 0 aliphatic carbocycles. The molecule has 0 N–H and O–H groups in total. The Balaban J connectivity index is -0.000000340. The lowest BCUT2D eigenvalue weighted by Gasteiger charge is -2.23. The molecule has 0 aromatic rings. The first-order valence-corrected chi connectivity index (χ1v) is 15.7. The molecule has 0 aromatic heterocycles. The standard InChI is InChI=1S/C7H18O3Si.C5H14O3Si.C4H12O3Si/c1-5-8-11(4,9-6-2)10-7-3;1-5-9(6-2,7-3)8-4;1-5-8(4,6-2)7-3/h5-7H2,1-4H3;5H2,1-4H3;1-4H3. The minimum atomic E-state index is -2.25. The summed E-state index contributed by atoms with van der Waals surface area (Å²) >= 11 is 0. The van der Waals surface area contributed by atoms with E-state index in [1.54, 1.807) is 42.7 Å². The summed E-state index contributed by atoms with van der Waals surface area (Å²) in [5, 5.41) is 0. The van der Waals surface area contributed by atoms with Crippen molar-refractivity contribution in [3.8, 4) is 0 Å². The fraction of sp³-hybridized carbons (Fsp3) is 1.00. The van der Waals surface area contributed by atoms with Crippen LogP contribution in [0.4, 0.5) is 0 Å². The van der Waals surface area contributed by atoms with E-state index in [0.717, 1.165) is 6.04 Å². The van der Waals surface area contributed by atoms with Crippen LogP contribution in [0.1, 0.15) is 27.7 Å². The van der Waals surface area contributed by atoms with Crippen molar-refractivity contribution in [3.05, 3.63) is 0 Å². The summed E-state index contributed by atoms with van der Waals surface area (Å²) in [5.74, 6) is 0. The van der Waals surface area contributed by atoms with Crippen LogP contribution in [0.2, 0.25) is 19.1 Å². The van der Waals surface area contributed by atoms with Gasteiger partial charge in [-0.3, -0.25) is 0 Å². The average Bonchev–Trinajstić information content (AvgIpc) is 2.71. The zero-order valence-corrected chi connectivity index (χ0v) is 23.0. The average molecular weight is 465 g/mol. The Morgan fingerprint density at radius 1 is 0.464 bits per heavy atom. The Hall–Kier alpha value is 0.291. The van der Waals surface area contributed by atoms with Gasteiger partial charge in [-0.05, 0) is 20.8 Å². The molecule has 174 valence electrons. The molecule has 0 bridgehead atoms. The fourth-order valence-electron chi connectivity index (χ4n) is 1.84. The molecule has 0 aromatic carbocycles. The summed E-state index contributed by atoms with van der Waals surface area (Å²) in [6, 6.07) is 0.816. The monoisotopic (exact) mass is 464 g/mol. The van der Waals surface area contributed by atoms with E-state index in [4.69, 9.17) is 39.8 Å². The predicted octanol–water partition coefficient (Wildman–Crippen LogP) is 3.04. The van der Waals surface area contributed by atoms with E-state index >= 15 is 0 Å². The summed E-state index contributed by atoms with van der Waals surface area (Å²) < 4.78 is 46.2. The van der Waals surface area contributed by atoms with Crippen molar-refractivity contribution in [1.29, 1.82) is 0 Å². The molecule has 28 heavy (non-hydrogen) atoms. The Bertz CT molecular complexity index is 288. The van der Waals surface area contributed by atoms with Crippen LogP contribution in [0.25, 0.3) is 0 Å². The number of hydrogen-bond donors (Lipinski definition) is 0. The SMILES string of the molecule is CCO[Si](C)(OCC)OCC.CC[Si](OC)(OC)OC.CO[Si](C)(OC)OC. The van der Waals surface area contributed by atoms with Crippen molar-refractivity contribution in [2.45, 2.75) is 46.8 Å². The quantitative estimate of drug-likeness (QED) is 0.382. The van der Waals surface area contributed by atoms with Gasteiger partial charge in [0.2, 0.25) is 0 Å². The highest BCUT2D eigenvalue weighted by atomic mass is 28.4. The summed E-state index contributed by atoms with van der Waals surface area (Å²) in [4.78, 5) is 0. The van der Waals surface area contributed by atoms with Crippen LogP contribution in [0, 0.1) is 0 Å². The van der Waals surface area contributed by atoms with Gasteiger partial charge in [0.25, 0.3) is 0 Å². The Kier molecular flexibility index (Phi) is 22.7. The topological polar surface area (TPSA) is 83.1 Å². The third-order valence-electron chi connectivity index (χ3n) is 3.70. The van der Waals surface area contributed by atoms with Crippen LogP contribution in [-0.4, -0.2) is 88.9 Å². The van der Waals surface area contributed by atoms with Crippen molar-refractivity contribution in [2.24, 2.45) is 0 Å². The van der Waals surface area contributed by atoms with Crippen LogP contribution in [-0.2, 0) is 39.8 Å². The van der Waals surface area contributed by atoms with Crippen molar-refractivity contribution in [2.75, 3.05) is 62.5 Å². The van der Waals surface area contributed by atoms with Gasteiger partial charge in [-0.1, -0.05) is 6.92 Å². The highest BCUT2D eigenvalue weighted by Crippen LogP contribution is 2.10. The molecule has 9 nitrogen and oxygen atoms in total. The molecule has 0 saturated carbocycles. The lowest BCUT2D eigenvalue weighted by molar-refractivity contribution is 0.0783. The molecule has 0 rings (SSSR count). The first kappa shape index (κ1) is 32.9. The van der Waals surface area contributed by atoms with E-state index in [1.807, 2.05) is 40.8 Å². The first-order chi connectivity index (χ1) is 13.1. The first-order valence-electron chi connectivity index (χ1n) is 9.33. The normalized spacial score (nSPS) is 12.0. The van der Waals surface area contributed by atoms with Gasteiger partial charge in [-0.2, -0.15) is 0 Å². The second-order valence-electron chi connectivity index (χ2n) is 5.29. The van der Waals surface area contributed by atoms with Gasteiger partial charge in [0.05, 0.1) is 0 Å². The third-order valence-corrected chi connectivity index (χ3v) is 11.1. The summed E-state index contributed by atoms with van der Waals surface area (Å²) in [7, 11) is 2.98. The third kappa shape index (κ3) is 15.2. The molecule has 0 saturated heterocycles. The van der Waals surface area contributed by atoms with E-state index in [1.165, 1.54) is 0 Å². The van der Waals surface area contributed by atoms with E-state index in [-0.39, 0.29) is 0 Å². The summed E-state index contributed by atoms with van der Waals surface area (Å²) in [6.45, 7) is 13.5. The van der Waals surface area contributed by atoms with Gasteiger partial charge in [0.1, 0.15) is 0 Å². The lowest BCUT2D eigenvalue weighted by Crippen LogP contribution is -2.42. The Morgan fingerprint density at radius 3 is 0.821 bits per heavy atom. The summed E-state index contributed by atoms with van der Waals surface area (Å²) in [6.07, 6.45) is 0. The zero-order chi connectivity index (χ0) is 22.7. The van der Waals surface area contributed by atoms with Crippen molar-refractivity contribution < 1.29 is 39.8 Å². The van der Waals surface area contributed by atoms with Crippen LogP contribution in [0.15, 0.2) is 0 Å². The van der Waals surface area contributed by atoms with Gasteiger partial charge in [0, 0.05) is 81.6 Å². The molecule has 12 heteroatoms. The summed E-state index contributed by atoms with van der Waals surface area (Å²) in [5.41, 5.74) is 0. The minimum absolute atomic E-state index is 0.655. The largest absolute Gasteiger partial charge is 0.499 e. The molecule has 0 fully saturated rings. The van der Waals surface area contributed by atoms with Crippen LogP contribution >= 0.6 is 0 Å². The highest BCUT2D eigenvalue weighted by Gasteiger charge is 2.35. The molecule has 0 unspecified atom stereocenters. The molecule has 0 aliphatic heterocycles. The van der Waals surface area contributed by atoms with E-state index in [0.29, 0.717) is 19.8 Å². The van der Waals surface area contributed by atoms with Crippen LogP contribution < -0.4 is 0 Å². The Labute approximate surface area is 175 Å². The van der Waals surface area contributed by atoms with Gasteiger partial charge in [-0.15, -0.1) is 0 Å². The number of rotatable bonds is 13. The molecule has 0 spiro atoms. The maximum atomic E-state index is 5.40. The number of hydrogen-bond acceptors (Lipinski definition) is 9. The molecular formula is C16H44O9Si3. The van der Waals surface area contributed by atoms with Crippen molar-refractivity contribution in [1.82, 2.24) is 0 Å². The van der Waals surface area contributed by atoms with Crippen molar-refractivity contribution in [3.63, 3.8) is 0 Å². The Morgan fingerprint density at radius 2 is 0.750 bits per heavy atom. The molecule has 0 heterocycles. The van der Waals surface area contributed by atoms with E-state index < -0.39 is 26.4 Å². The highest BCUT2D eigenvalue weighted by molar-refractivity contribution is 6.60.